The Bertz CT molecular complexity index is 857. The van der Waals surface area contributed by atoms with Gasteiger partial charge in [-0.15, -0.1) is 0 Å². The van der Waals surface area contributed by atoms with Crippen molar-refractivity contribution >= 4 is 17.4 Å². The molecule has 118 valence electrons. The van der Waals surface area contributed by atoms with Crippen LogP contribution in [0.4, 0.5) is 10.1 Å². The minimum absolute atomic E-state index is 0.273. The van der Waals surface area contributed by atoms with E-state index in [2.05, 4.69) is 9.98 Å². The summed E-state index contributed by atoms with van der Waals surface area (Å²) < 4.78 is 19.2. The van der Waals surface area contributed by atoms with Crippen LogP contribution in [0.3, 0.4) is 0 Å². The van der Waals surface area contributed by atoms with Gasteiger partial charge in [0.1, 0.15) is 11.7 Å². The van der Waals surface area contributed by atoms with Crippen molar-refractivity contribution in [1.29, 1.82) is 0 Å². The van der Waals surface area contributed by atoms with Gasteiger partial charge in [0.25, 0.3) is 5.56 Å². The average molecular weight is 314 g/mol. The average Bonchev–Trinajstić information content (AvgIpc) is 2.54. The van der Waals surface area contributed by atoms with Gasteiger partial charge in [-0.05, 0) is 24.6 Å². The Hall–Kier alpha value is -2.76. The summed E-state index contributed by atoms with van der Waals surface area (Å²) in [7, 11) is 1.26. The van der Waals surface area contributed by atoms with E-state index in [4.69, 9.17) is 4.74 Å². The zero-order valence-corrected chi connectivity index (χ0v) is 12.7. The number of fused-ring (bicyclic) bond motifs is 1. The predicted octanol–water partition coefficient (Wildman–Crippen LogP) is 2.54. The number of H-pyrrole nitrogens is 1. The molecule has 1 N–H and O–H groups in total. The fraction of sp³-hybridized carbons (Fsp3) is 0.235. The highest BCUT2D eigenvalue weighted by Gasteiger charge is 2.40. The number of esters is 1. The highest BCUT2D eigenvalue weighted by Crippen LogP contribution is 2.41. The molecule has 2 heterocycles. The predicted molar refractivity (Wildman–Crippen MR) is 83.6 cm³/mol. The second-order valence-electron chi connectivity index (χ2n) is 5.36. The lowest BCUT2D eigenvalue weighted by Gasteiger charge is -2.30. The molecule has 0 aliphatic carbocycles. The third kappa shape index (κ3) is 2.46. The van der Waals surface area contributed by atoms with Crippen molar-refractivity contribution in [2.24, 2.45) is 10.9 Å². The molecule has 23 heavy (non-hydrogen) atoms. The zero-order chi connectivity index (χ0) is 16.6. The van der Waals surface area contributed by atoms with Crippen molar-refractivity contribution in [3.05, 3.63) is 63.8 Å². The van der Waals surface area contributed by atoms with Gasteiger partial charge in [0, 0.05) is 17.8 Å². The number of aromatic amines is 1. The van der Waals surface area contributed by atoms with Crippen LogP contribution in [0.15, 0.2) is 46.3 Å². The second-order valence-corrected chi connectivity index (χ2v) is 5.36. The molecule has 0 radical (unpaired) electrons. The van der Waals surface area contributed by atoms with Crippen molar-refractivity contribution in [3.8, 4) is 0 Å². The number of aromatic nitrogens is 1. The number of aliphatic imine (C=N–C) groups is 1. The smallest absolute Gasteiger partial charge is 0.315 e. The summed E-state index contributed by atoms with van der Waals surface area (Å²) in [5.41, 5.74) is 1.09. The molecule has 0 saturated heterocycles. The summed E-state index contributed by atoms with van der Waals surface area (Å²) in [5.74, 6) is -2.64. The molecule has 0 saturated carbocycles. The fourth-order valence-corrected chi connectivity index (χ4v) is 3.04. The highest BCUT2D eigenvalue weighted by molar-refractivity contribution is 6.05. The lowest BCUT2D eigenvalue weighted by Crippen LogP contribution is -2.36. The number of hydrogen-bond donors (Lipinski definition) is 1. The van der Waals surface area contributed by atoms with Crippen molar-refractivity contribution < 1.29 is 13.9 Å². The van der Waals surface area contributed by atoms with E-state index >= 15 is 0 Å². The van der Waals surface area contributed by atoms with E-state index in [1.165, 1.54) is 19.4 Å². The quantitative estimate of drug-likeness (QED) is 0.866. The topological polar surface area (TPSA) is 71.5 Å². The second kappa shape index (κ2) is 5.79. The third-order valence-electron chi connectivity index (χ3n) is 4.06. The first kappa shape index (κ1) is 15.1. The molecule has 2 aromatic rings. The fourth-order valence-electron chi connectivity index (χ4n) is 3.04. The molecule has 2 atom stereocenters. The molecule has 2 unspecified atom stereocenters. The molecule has 1 aliphatic heterocycles. The van der Waals surface area contributed by atoms with Gasteiger partial charge in [-0.3, -0.25) is 14.6 Å². The Morgan fingerprint density at radius 1 is 1.30 bits per heavy atom. The highest BCUT2D eigenvalue weighted by atomic mass is 19.1. The normalized spacial score (nSPS) is 19.7. The van der Waals surface area contributed by atoms with Crippen LogP contribution in [0.2, 0.25) is 0 Å². The molecule has 3 rings (SSSR count). The molecule has 0 fully saturated rings. The number of halogens is 1. The van der Waals surface area contributed by atoms with Gasteiger partial charge in [0.2, 0.25) is 0 Å². The summed E-state index contributed by atoms with van der Waals surface area (Å²) in [6, 6.07) is 7.75. The van der Waals surface area contributed by atoms with E-state index in [9.17, 15) is 14.0 Å². The van der Waals surface area contributed by atoms with Crippen LogP contribution in [-0.4, -0.2) is 23.8 Å². The number of ether oxygens (including phenoxy) is 1. The van der Waals surface area contributed by atoms with Gasteiger partial charge in [-0.2, -0.15) is 0 Å². The number of carbonyl (C=O) groups excluding carboxylic acids is 1. The molecular formula is C17H15FN2O3. The van der Waals surface area contributed by atoms with Crippen LogP contribution in [-0.2, 0) is 9.53 Å². The number of nitrogens with zero attached hydrogens (tertiary/aromatic N) is 1. The Labute approximate surface area is 131 Å². The number of nitrogens with one attached hydrogen (secondary N) is 1. The van der Waals surface area contributed by atoms with Gasteiger partial charge in [0.05, 0.1) is 18.4 Å². The maximum Gasteiger partial charge on any atom is 0.315 e. The molecule has 0 bridgehead atoms. The van der Waals surface area contributed by atoms with Gasteiger partial charge < -0.3 is 9.72 Å². The van der Waals surface area contributed by atoms with E-state index in [-0.39, 0.29) is 16.7 Å². The summed E-state index contributed by atoms with van der Waals surface area (Å²) in [4.78, 5) is 31.5. The van der Waals surface area contributed by atoms with E-state index < -0.39 is 23.6 Å². The van der Waals surface area contributed by atoms with Crippen LogP contribution in [0.1, 0.15) is 24.0 Å². The van der Waals surface area contributed by atoms with Crippen molar-refractivity contribution in [2.45, 2.75) is 12.8 Å². The first-order valence-electron chi connectivity index (χ1n) is 7.13. The van der Waals surface area contributed by atoms with E-state index in [0.717, 1.165) is 0 Å². The first-order chi connectivity index (χ1) is 11.0. The van der Waals surface area contributed by atoms with Gasteiger partial charge in [-0.1, -0.05) is 18.2 Å². The minimum atomic E-state index is -0.840. The van der Waals surface area contributed by atoms with Crippen molar-refractivity contribution in [3.63, 3.8) is 0 Å². The molecule has 0 spiro atoms. The van der Waals surface area contributed by atoms with Gasteiger partial charge in [-0.25, -0.2) is 4.39 Å². The number of pyridine rings is 1. The number of methoxy groups -OCH3 is 1. The van der Waals surface area contributed by atoms with Crippen molar-refractivity contribution in [2.75, 3.05) is 7.11 Å². The minimum Gasteiger partial charge on any atom is -0.468 e. The number of benzene rings is 1. The zero-order valence-electron chi connectivity index (χ0n) is 12.7. The van der Waals surface area contributed by atoms with Gasteiger partial charge in [0.15, 0.2) is 0 Å². The molecule has 1 aromatic carbocycles. The standard InChI is InChI=1S/C17H15FN2O3/c1-9-13(17(22)23-2)14(10-5-3-4-6-11(10)18)15-12(20-9)7-8-19-16(15)21/h3-8,13-14H,1-2H3,(H,19,21). The van der Waals surface area contributed by atoms with Crippen LogP contribution in [0.25, 0.3) is 0 Å². The lowest BCUT2D eigenvalue weighted by molar-refractivity contribution is -0.143. The summed E-state index contributed by atoms with van der Waals surface area (Å²) in [5, 5.41) is 0. The first-order valence-corrected chi connectivity index (χ1v) is 7.13. The summed E-state index contributed by atoms with van der Waals surface area (Å²) >= 11 is 0. The Morgan fingerprint density at radius 3 is 2.74 bits per heavy atom. The third-order valence-corrected chi connectivity index (χ3v) is 4.06. The monoisotopic (exact) mass is 314 g/mol. The molecule has 1 aromatic heterocycles. The maximum absolute atomic E-state index is 14.4. The van der Waals surface area contributed by atoms with Gasteiger partial charge >= 0.3 is 5.97 Å². The van der Waals surface area contributed by atoms with Crippen LogP contribution in [0.5, 0.6) is 0 Å². The van der Waals surface area contributed by atoms with E-state index in [0.29, 0.717) is 11.4 Å². The summed E-state index contributed by atoms with van der Waals surface area (Å²) in [6.45, 7) is 1.68. The number of rotatable bonds is 2. The van der Waals surface area contributed by atoms with Crippen LogP contribution >= 0.6 is 0 Å². The van der Waals surface area contributed by atoms with E-state index in [1.807, 2.05) is 0 Å². The lowest BCUT2D eigenvalue weighted by atomic mass is 9.76. The van der Waals surface area contributed by atoms with Crippen molar-refractivity contribution in [1.82, 2.24) is 4.98 Å². The van der Waals surface area contributed by atoms with E-state index in [1.54, 1.807) is 31.2 Å². The number of carbonyl (C=O) groups is 1. The maximum atomic E-state index is 14.4. The molecular weight excluding hydrogens is 299 g/mol. The molecule has 6 heteroatoms. The molecule has 5 nitrogen and oxygen atoms in total. The van der Waals surface area contributed by atoms with Crippen LogP contribution in [0, 0.1) is 11.7 Å². The summed E-state index contributed by atoms with van der Waals surface area (Å²) in [6.07, 6.45) is 1.48. The SMILES string of the molecule is COC(=O)C1C(C)=Nc2cc[nH]c(=O)c2C1c1ccccc1F. The Morgan fingerprint density at radius 2 is 2.04 bits per heavy atom. The van der Waals surface area contributed by atoms with Crippen LogP contribution < -0.4 is 5.56 Å². The largest absolute Gasteiger partial charge is 0.468 e. The number of hydrogen-bond acceptors (Lipinski definition) is 4. The Kier molecular flexibility index (Phi) is 3.82. The Balaban J connectivity index is 2.31. The molecule has 1 aliphatic rings. The molecule has 0 amide bonds.